The maximum atomic E-state index is 13.0. The monoisotopic (exact) mass is 339 g/mol. The lowest BCUT2D eigenvalue weighted by Gasteiger charge is -2.34. The van der Waals surface area contributed by atoms with Gasteiger partial charge in [0.05, 0.1) is 12.0 Å². The first-order chi connectivity index (χ1) is 10.6. The molecule has 1 aliphatic heterocycles. The van der Waals surface area contributed by atoms with Crippen LogP contribution in [0.5, 0.6) is 5.75 Å². The third-order valence-corrected chi connectivity index (χ3v) is 6.28. The van der Waals surface area contributed by atoms with Gasteiger partial charge in [-0.25, -0.2) is 8.42 Å². The molecular formula is C18H29NO3S. The van der Waals surface area contributed by atoms with Crippen LogP contribution in [-0.2, 0) is 15.4 Å². The Morgan fingerprint density at radius 1 is 1.13 bits per heavy atom. The Hall–Kier alpha value is -1.07. The SMILES string of the molecule is COc1ccc(S(=O)(=O)N2C[C@H](C)C[C@H](C)C2)cc1C(C)(C)C. The minimum Gasteiger partial charge on any atom is -0.496 e. The molecule has 1 aliphatic rings. The van der Waals surface area contributed by atoms with Crippen molar-refractivity contribution in [1.29, 1.82) is 0 Å². The van der Waals surface area contributed by atoms with Crippen molar-refractivity contribution in [3.8, 4) is 5.75 Å². The molecule has 1 aromatic carbocycles. The van der Waals surface area contributed by atoms with Crippen LogP contribution in [-0.4, -0.2) is 32.9 Å². The summed E-state index contributed by atoms with van der Waals surface area (Å²) in [4.78, 5) is 0.365. The summed E-state index contributed by atoms with van der Waals surface area (Å²) in [5.74, 6) is 1.53. The lowest BCUT2D eigenvalue weighted by atomic mass is 9.86. The van der Waals surface area contributed by atoms with Crippen LogP contribution < -0.4 is 4.74 Å². The number of benzene rings is 1. The largest absolute Gasteiger partial charge is 0.496 e. The van der Waals surface area contributed by atoms with E-state index in [1.807, 2.05) is 0 Å². The summed E-state index contributed by atoms with van der Waals surface area (Å²) in [6.07, 6.45) is 1.09. The van der Waals surface area contributed by atoms with Crippen LogP contribution in [0.25, 0.3) is 0 Å². The van der Waals surface area contributed by atoms with Gasteiger partial charge >= 0.3 is 0 Å². The van der Waals surface area contributed by atoms with E-state index >= 15 is 0 Å². The third-order valence-electron chi connectivity index (χ3n) is 4.45. The molecule has 2 atom stereocenters. The van der Waals surface area contributed by atoms with Gasteiger partial charge in [0.15, 0.2) is 0 Å². The molecule has 1 heterocycles. The fourth-order valence-electron chi connectivity index (χ4n) is 3.38. The third kappa shape index (κ3) is 3.89. The predicted molar refractivity (Wildman–Crippen MR) is 93.4 cm³/mol. The number of nitrogens with zero attached hydrogens (tertiary/aromatic N) is 1. The van der Waals surface area contributed by atoms with Gasteiger partial charge in [0, 0.05) is 18.7 Å². The smallest absolute Gasteiger partial charge is 0.243 e. The number of hydrogen-bond acceptors (Lipinski definition) is 3. The van der Waals surface area contributed by atoms with Crippen molar-refractivity contribution in [2.24, 2.45) is 11.8 Å². The maximum Gasteiger partial charge on any atom is 0.243 e. The Morgan fingerprint density at radius 2 is 1.70 bits per heavy atom. The van der Waals surface area contributed by atoms with Crippen LogP contribution in [0.3, 0.4) is 0 Å². The molecule has 0 aliphatic carbocycles. The van der Waals surface area contributed by atoms with Gasteiger partial charge in [-0.05, 0) is 41.9 Å². The van der Waals surface area contributed by atoms with Crippen molar-refractivity contribution in [2.45, 2.75) is 51.3 Å². The predicted octanol–water partition coefficient (Wildman–Crippen LogP) is 3.66. The Bertz CT molecular complexity index is 651. The van der Waals surface area contributed by atoms with Crippen LogP contribution in [0.1, 0.15) is 46.6 Å². The Morgan fingerprint density at radius 3 is 2.17 bits per heavy atom. The molecule has 0 N–H and O–H groups in total. The van der Waals surface area contributed by atoms with Gasteiger partial charge < -0.3 is 4.74 Å². The summed E-state index contributed by atoms with van der Waals surface area (Å²) in [7, 11) is -1.84. The number of ether oxygens (including phenoxy) is 1. The van der Waals surface area contributed by atoms with E-state index in [0.29, 0.717) is 29.8 Å². The molecule has 1 fully saturated rings. The van der Waals surface area contributed by atoms with Gasteiger partial charge in [-0.3, -0.25) is 0 Å². The highest BCUT2D eigenvalue weighted by Gasteiger charge is 2.32. The zero-order valence-corrected chi connectivity index (χ0v) is 15.9. The van der Waals surface area contributed by atoms with Gasteiger partial charge in [0.1, 0.15) is 5.75 Å². The summed E-state index contributed by atoms with van der Waals surface area (Å²) in [6, 6.07) is 5.20. The molecule has 4 nitrogen and oxygen atoms in total. The second kappa shape index (κ2) is 6.44. The minimum absolute atomic E-state index is 0.181. The van der Waals surface area contributed by atoms with Crippen molar-refractivity contribution in [1.82, 2.24) is 4.31 Å². The van der Waals surface area contributed by atoms with Crippen LogP contribution in [0.2, 0.25) is 0 Å². The first-order valence-corrected chi connectivity index (χ1v) is 9.68. The van der Waals surface area contributed by atoms with E-state index in [-0.39, 0.29) is 5.41 Å². The summed E-state index contributed by atoms with van der Waals surface area (Å²) in [6.45, 7) is 11.6. The molecule has 0 saturated carbocycles. The summed E-state index contributed by atoms with van der Waals surface area (Å²) in [5, 5.41) is 0. The Balaban J connectivity index is 2.44. The summed E-state index contributed by atoms with van der Waals surface area (Å²) in [5.41, 5.74) is 0.735. The molecule has 1 aromatic rings. The molecule has 0 amide bonds. The van der Waals surface area contributed by atoms with Crippen molar-refractivity contribution < 1.29 is 13.2 Å². The first kappa shape index (κ1) is 18.3. The fraction of sp³-hybridized carbons (Fsp3) is 0.667. The van der Waals surface area contributed by atoms with E-state index in [9.17, 15) is 8.42 Å². The highest BCUT2D eigenvalue weighted by atomic mass is 32.2. The molecule has 0 spiro atoms. The van der Waals surface area contributed by atoms with Gasteiger partial charge in [0.2, 0.25) is 10.0 Å². The highest BCUT2D eigenvalue weighted by Crippen LogP contribution is 2.35. The molecular weight excluding hydrogens is 310 g/mol. The summed E-state index contributed by atoms with van der Waals surface area (Å²) < 4.78 is 33.1. The van der Waals surface area contributed by atoms with Crippen molar-refractivity contribution in [2.75, 3.05) is 20.2 Å². The average molecular weight is 340 g/mol. The van der Waals surface area contributed by atoms with Crippen molar-refractivity contribution in [3.63, 3.8) is 0 Å². The molecule has 0 aromatic heterocycles. The van der Waals surface area contributed by atoms with Crippen molar-refractivity contribution >= 4 is 10.0 Å². The molecule has 0 bridgehead atoms. The molecule has 5 heteroatoms. The summed E-state index contributed by atoms with van der Waals surface area (Å²) >= 11 is 0. The topological polar surface area (TPSA) is 46.6 Å². The van der Waals surface area contributed by atoms with Gasteiger partial charge in [-0.15, -0.1) is 0 Å². The maximum absolute atomic E-state index is 13.0. The van der Waals surface area contributed by atoms with Crippen molar-refractivity contribution in [3.05, 3.63) is 23.8 Å². The molecule has 23 heavy (non-hydrogen) atoms. The van der Waals surface area contributed by atoms with Gasteiger partial charge in [-0.1, -0.05) is 34.6 Å². The van der Waals surface area contributed by atoms with Crippen LogP contribution in [0, 0.1) is 11.8 Å². The minimum atomic E-state index is -3.46. The zero-order valence-electron chi connectivity index (χ0n) is 15.1. The number of methoxy groups -OCH3 is 1. The average Bonchev–Trinajstić information content (AvgIpc) is 2.44. The lowest BCUT2D eigenvalue weighted by molar-refractivity contribution is 0.222. The fourth-order valence-corrected chi connectivity index (χ4v) is 5.09. The van der Waals surface area contributed by atoms with E-state index < -0.39 is 10.0 Å². The van der Waals surface area contributed by atoms with Gasteiger partial charge in [-0.2, -0.15) is 4.31 Å². The molecule has 1 saturated heterocycles. The number of sulfonamides is 1. The normalized spacial score (nSPS) is 23.7. The molecule has 2 rings (SSSR count). The van der Waals surface area contributed by atoms with Gasteiger partial charge in [0.25, 0.3) is 0 Å². The Kier molecular flexibility index (Phi) is 5.12. The zero-order chi connectivity index (χ0) is 17.4. The van der Waals surface area contributed by atoms with E-state index in [4.69, 9.17) is 4.74 Å². The van der Waals surface area contributed by atoms with Crippen LogP contribution in [0.4, 0.5) is 0 Å². The number of hydrogen-bond donors (Lipinski definition) is 0. The highest BCUT2D eigenvalue weighted by molar-refractivity contribution is 7.89. The number of rotatable bonds is 3. The van der Waals surface area contributed by atoms with Crippen LogP contribution in [0.15, 0.2) is 23.1 Å². The van der Waals surface area contributed by atoms with E-state index in [2.05, 4.69) is 34.6 Å². The molecule has 0 radical (unpaired) electrons. The molecule has 130 valence electrons. The standard InChI is InChI=1S/C18H29NO3S/c1-13-9-14(2)12-19(11-13)23(20,21)15-7-8-17(22-6)16(10-15)18(3,4)5/h7-8,10,13-14H,9,11-12H2,1-6H3/t13-,14+. The van der Waals surface area contributed by atoms with E-state index in [0.717, 1.165) is 17.7 Å². The number of piperidine rings is 1. The first-order valence-electron chi connectivity index (χ1n) is 8.24. The van der Waals surface area contributed by atoms with E-state index in [1.54, 1.807) is 29.6 Å². The molecule has 0 unspecified atom stereocenters. The second-order valence-corrected chi connectivity index (χ2v) is 9.82. The van der Waals surface area contributed by atoms with E-state index in [1.165, 1.54) is 0 Å². The second-order valence-electron chi connectivity index (χ2n) is 7.88. The lowest BCUT2D eigenvalue weighted by Crippen LogP contribution is -2.42. The quantitative estimate of drug-likeness (QED) is 0.844. The van der Waals surface area contributed by atoms with Crippen LogP contribution >= 0.6 is 0 Å². The Labute approximate surface area is 140 Å².